The van der Waals surface area contributed by atoms with Gasteiger partial charge in [-0.05, 0) is 38.5 Å². The fourth-order valence-electron chi connectivity index (χ4n) is 3.31. The molecule has 3 rings (SSSR count). The third-order valence-corrected chi connectivity index (χ3v) is 7.73. The van der Waals surface area contributed by atoms with E-state index in [1.807, 2.05) is 0 Å². The van der Waals surface area contributed by atoms with Crippen molar-refractivity contribution in [3.05, 3.63) is 62.7 Å². The van der Waals surface area contributed by atoms with Gasteiger partial charge < -0.3 is 19.5 Å². The van der Waals surface area contributed by atoms with Crippen LogP contribution >= 0.6 is 46.3 Å². The molecule has 0 atom stereocenters. The molecule has 0 bridgehead atoms. The van der Waals surface area contributed by atoms with Crippen LogP contribution in [0.4, 0.5) is 5.00 Å². The molecule has 3 aromatic rings. The van der Waals surface area contributed by atoms with Crippen LogP contribution in [-0.2, 0) is 27.4 Å². The summed E-state index contributed by atoms with van der Waals surface area (Å²) in [7, 11) is 0. The van der Waals surface area contributed by atoms with Crippen molar-refractivity contribution in [1.29, 1.82) is 0 Å². The fourth-order valence-corrected chi connectivity index (χ4v) is 5.52. The molecule has 0 aliphatic heterocycles. The molecule has 0 saturated carbocycles. The van der Waals surface area contributed by atoms with E-state index in [9.17, 15) is 14.4 Å². The number of esters is 2. The van der Waals surface area contributed by atoms with Gasteiger partial charge in [-0.3, -0.25) is 9.36 Å². The molecule has 2 heterocycles. The number of ether oxygens (including phenoxy) is 3. The molecule has 2 aromatic heterocycles. The monoisotopic (exact) mass is 612 g/mol. The number of nitrogens with zero attached hydrogens (tertiary/aromatic N) is 3. The SMILES string of the molecule is C=CCn1c(COc2cc(Cl)ccc2Cl)nnc1SCC(=O)Nc1sc(C(=O)OCC)c(C)c1C(=O)OCC. The van der Waals surface area contributed by atoms with Crippen molar-refractivity contribution in [3.63, 3.8) is 0 Å². The summed E-state index contributed by atoms with van der Waals surface area (Å²) in [6, 6.07) is 4.88. The molecule has 1 aromatic carbocycles. The summed E-state index contributed by atoms with van der Waals surface area (Å²) in [5.41, 5.74) is 0.507. The molecule has 208 valence electrons. The first-order chi connectivity index (χ1) is 18.7. The lowest BCUT2D eigenvalue weighted by molar-refractivity contribution is -0.113. The summed E-state index contributed by atoms with van der Waals surface area (Å²) in [5.74, 6) is -0.793. The van der Waals surface area contributed by atoms with Gasteiger partial charge in [-0.15, -0.1) is 28.1 Å². The number of benzene rings is 1. The molecule has 0 aliphatic rings. The highest BCUT2D eigenvalue weighted by molar-refractivity contribution is 7.99. The van der Waals surface area contributed by atoms with Crippen molar-refractivity contribution in [1.82, 2.24) is 14.8 Å². The van der Waals surface area contributed by atoms with Crippen molar-refractivity contribution < 1.29 is 28.6 Å². The highest BCUT2D eigenvalue weighted by Gasteiger charge is 2.27. The number of amides is 1. The average molecular weight is 614 g/mol. The predicted molar refractivity (Wildman–Crippen MR) is 151 cm³/mol. The Balaban J connectivity index is 1.73. The lowest BCUT2D eigenvalue weighted by Crippen LogP contribution is -2.17. The van der Waals surface area contributed by atoms with E-state index in [4.69, 9.17) is 37.4 Å². The van der Waals surface area contributed by atoms with Crippen molar-refractivity contribution >= 4 is 69.1 Å². The van der Waals surface area contributed by atoms with E-state index in [1.165, 1.54) is 0 Å². The van der Waals surface area contributed by atoms with E-state index in [0.29, 0.717) is 38.9 Å². The van der Waals surface area contributed by atoms with Crippen LogP contribution in [0.2, 0.25) is 10.0 Å². The molecule has 0 aliphatic carbocycles. The predicted octanol–water partition coefficient (Wildman–Crippen LogP) is 5.80. The van der Waals surface area contributed by atoms with Crippen LogP contribution in [0, 0.1) is 6.92 Å². The number of nitrogens with one attached hydrogen (secondary N) is 1. The van der Waals surface area contributed by atoms with Gasteiger partial charge in [0.05, 0.1) is 29.6 Å². The second-order valence-electron chi connectivity index (χ2n) is 7.70. The number of allylic oxidation sites excluding steroid dienone is 1. The van der Waals surface area contributed by atoms with Crippen molar-refractivity contribution in [2.45, 2.75) is 39.1 Å². The number of carbonyl (C=O) groups excluding carboxylic acids is 3. The highest BCUT2D eigenvalue weighted by Crippen LogP contribution is 2.35. The number of carbonyl (C=O) groups is 3. The van der Waals surface area contributed by atoms with E-state index >= 15 is 0 Å². The van der Waals surface area contributed by atoms with Crippen LogP contribution in [0.15, 0.2) is 36.0 Å². The van der Waals surface area contributed by atoms with Gasteiger partial charge in [0.25, 0.3) is 0 Å². The molecule has 39 heavy (non-hydrogen) atoms. The third-order valence-electron chi connectivity index (χ3n) is 5.03. The smallest absolute Gasteiger partial charge is 0.348 e. The first-order valence-corrected chi connectivity index (χ1v) is 14.3. The number of thioether (sulfide) groups is 1. The van der Waals surface area contributed by atoms with Crippen molar-refractivity contribution in [2.75, 3.05) is 24.3 Å². The van der Waals surface area contributed by atoms with E-state index in [0.717, 1.165) is 23.1 Å². The molecule has 14 heteroatoms. The lowest BCUT2D eigenvalue weighted by atomic mass is 10.1. The Morgan fingerprint density at radius 2 is 1.87 bits per heavy atom. The fraction of sp³-hybridized carbons (Fsp3) is 0.320. The minimum Gasteiger partial charge on any atom is -0.484 e. The normalized spacial score (nSPS) is 10.7. The zero-order chi connectivity index (χ0) is 28.5. The van der Waals surface area contributed by atoms with Crippen molar-refractivity contribution in [3.8, 4) is 5.75 Å². The first-order valence-electron chi connectivity index (χ1n) is 11.7. The van der Waals surface area contributed by atoms with Gasteiger partial charge in [-0.2, -0.15) is 0 Å². The average Bonchev–Trinajstić information content (AvgIpc) is 3.43. The van der Waals surface area contributed by atoms with Gasteiger partial charge in [0, 0.05) is 17.6 Å². The second-order valence-corrected chi connectivity index (χ2v) is 10.5. The maximum atomic E-state index is 12.9. The molecule has 1 N–H and O–H groups in total. The van der Waals surface area contributed by atoms with Gasteiger partial charge in [0.2, 0.25) is 5.91 Å². The van der Waals surface area contributed by atoms with E-state index in [1.54, 1.807) is 49.6 Å². The Bertz CT molecular complexity index is 1370. The molecule has 10 nitrogen and oxygen atoms in total. The number of anilines is 1. The summed E-state index contributed by atoms with van der Waals surface area (Å²) in [6.07, 6.45) is 1.67. The van der Waals surface area contributed by atoms with Crippen LogP contribution < -0.4 is 10.1 Å². The Morgan fingerprint density at radius 1 is 1.15 bits per heavy atom. The topological polar surface area (TPSA) is 122 Å². The van der Waals surface area contributed by atoms with Crippen LogP contribution in [0.1, 0.15) is 45.3 Å². The molecule has 1 amide bonds. The Morgan fingerprint density at radius 3 is 2.56 bits per heavy atom. The summed E-state index contributed by atoms with van der Waals surface area (Å²) < 4.78 is 17.7. The van der Waals surface area contributed by atoms with E-state index in [2.05, 4.69) is 22.1 Å². The minimum atomic E-state index is -0.639. The molecule has 0 spiro atoms. The number of hydrogen-bond donors (Lipinski definition) is 1. The summed E-state index contributed by atoms with van der Waals surface area (Å²) in [4.78, 5) is 38.0. The number of halogens is 2. The van der Waals surface area contributed by atoms with E-state index < -0.39 is 17.8 Å². The molecule has 0 saturated heterocycles. The van der Waals surface area contributed by atoms with Gasteiger partial charge in [0.15, 0.2) is 11.0 Å². The number of hydrogen-bond acceptors (Lipinski definition) is 10. The first kappa shape index (κ1) is 30.5. The van der Waals surface area contributed by atoms with Crippen LogP contribution in [-0.4, -0.2) is 51.6 Å². The number of thiophene rings is 1. The van der Waals surface area contributed by atoms with Gasteiger partial charge in [-0.25, -0.2) is 9.59 Å². The Hall–Kier alpha value is -3.06. The van der Waals surface area contributed by atoms with Gasteiger partial charge >= 0.3 is 11.9 Å². The van der Waals surface area contributed by atoms with E-state index in [-0.39, 0.29) is 41.0 Å². The second kappa shape index (κ2) is 14.4. The van der Waals surface area contributed by atoms with Crippen LogP contribution in [0.25, 0.3) is 0 Å². The minimum absolute atomic E-state index is 0.0514. The molecular weight excluding hydrogens is 587 g/mol. The molecule has 0 fully saturated rings. The third kappa shape index (κ3) is 7.75. The maximum Gasteiger partial charge on any atom is 0.348 e. The standard InChI is InChI=1S/C25H26Cl2N4O6S2/c1-5-10-31-18(12-37-17-11-15(26)8-9-16(17)27)29-30-25(31)38-13-19(32)28-22-20(23(33)35-6-2)14(4)21(39-22)24(34)36-7-3/h5,8-9,11H,1,6-7,10,12-13H2,2-4H3,(H,28,32). The zero-order valence-electron chi connectivity index (χ0n) is 21.4. The Labute approximate surface area is 243 Å². The highest BCUT2D eigenvalue weighted by atomic mass is 35.5. The van der Waals surface area contributed by atoms with Crippen LogP contribution in [0.5, 0.6) is 5.75 Å². The van der Waals surface area contributed by atoms with Gasteiger partial charge in [-0.1, -0.05) is 41.0 Å². The largest absolute Gasteiger partial charge is 0.484 e. The van der Waals surface area contributed by atoms with Crippen molar-refractivity contribution in [2.24, 2.45) is 0 Å². The summed E-state index contributed by atoms with van der Waals surface area (Å²) in [6.45, 7) is 9.47. The Kier molecular flexibility index (Phi) is 11.2. The maximum absolute atomic E-state index is 12.9. The molecule has 0 radical (unpaired) electrons. The molecular formula is C25H26Cl2N4O6S2. The summed E-state index contributed by atoms with van der Waals surface area (Å²) in [5, 5.41) is 12.6. The summed E-state index contributed by atoms with van der Waals surface area (Å²) >= 11 is 14.3. The number of rotatable bonds is 13. The quantitative estimate of drug-likeness (QED) is 0.145. The lowest BCUT2D eigenvalue weighted by Gasteiger charge is -2.10. The van der Waals surface area contributed by atoms with Gasteiger partial charge in [0.1, 0.15) is 22.2 Å². The molecule has 0 unspecified atom stereocenters. The zero-order valence-corrected chi connectivity index (χ0v) is 24.6. The van der Waals surface area contributed by atoms with Crippen LogP contribution in [0.3, 0.4) is 0 Å². The number of aromatic nitrogens is 3.